The SMILES string of the molecule is CC(=O)N1CCN(CC2(O)CCN(c3ccc(C)cc3)CC2)C[C@](O)(COc2cc(C)cc(C)c2)C1. The van der Waals surface area contributed by atoms with Crippen LogP contribution < -0.4 is 9.64 Å². The molecular weight excluding hydrogens is 454 g/mol. The first-order valence-electron chi connectivity index (χ1n) is 13.0. The molecule has 2 aromatic carbocycles. The molecule has 0 aliphatic carbocycles. The number of carbonyl (C=O) groups excluding carboxylic acids is 1. The highest BCUT2D eigenvalue weighted by molar-refractivity contribution is 5.73. The number of hydrogen-bond donors (Lipinski definition) is 2. The molecule has 2 aliphatic rings. The van der Waals surface area contributed by atoms with E-state index in [2.05, 4.69) is 47.1 Å². The lowest BCUT2D eigenvalue weighted by Crippen LogP contribution is -2.55. The van der Waals surface area contributed by atoms with E-state index in [0.29, 0.717) is 44.8 Å². The average Bonchev–Trinajstić information content (AvgIpc) is 2.97. The number of carbonyl (C=O) groups is 1. The summed E-state index contributed by atoms with van der Waals surface area (Å²) in [7, 11) is 0. The van der Waals surface area contributed by atoms with Crippen molar-refractivity contribution in [2.75, 3.05) is 57.3 Å². The number of nitrogens with zero attached hydrogens (tertiary/aromatic N) is 3. The van der Waals surface area contributed by atoms with Gasteiger partial charge < -0.3 is 24.7 Å². The van der Waals surface area contributed by atoms with E-state index >= 15 is 0 Å². The second-order valence-corrected chi connectivity index (χ2v) is 11.0. The van der Waals surface area contributed by atoms with Gasteiger partial charge in [0.25, 0.3) is 0 Å². The molecule has 0 unspecified atom stereocenters. The lowest BCUT2D eigenvalue weighted by Gasteiger charge is -2.42. The molecule has 4 rings (SSSR count). The molecule has 7 heteroatoms. The maximum absolute atomic E-state index is 12.3. The van der Waals surface area contributed by atoms with Crippen LogP contribution in [0, 0.1) is 20.8 Å². The molecule has 2 heterocycles. The van der Waals surface area contributed by atoms with Gasteiger partial charge in [0.05, 0.1) is 12.1 Å². The summed E-state index contributed by atoms with van der Waals surface area (Å²) in [5.41, 5.74) is 2.56. The number of ether oxygens (including phenoxy) is 1. The Balaban J connectivity index is 1.41. The number of aryl methyl sites for hydroxylation is 3. The maximum atomic E-state index is 12.3. The zero-order valence-electron chi connectivity index (χ0n) is 22.2. The molecular formula is C29H41N3O4. The highest BCUT2D eigenvalue weighted by atomic mass is 16.5. The molecule has 2 fully saturated rings. The van der Waals surface area contributed by atoms with Gasteiger partial charge in [0, 0.05) is 51.9 Å². The van der Waals surface area contributed by atoms with Gasteiger partial charge in [0.1, 0.15) is 18.0 Å². The molecule has 2 saturated heterocycles. The smallest absolute Gasteiger partial charge is 0.219 e. The van der Waals surface area contributed by atoms with E-state index in [-0.39, 0.29) is 19.1 Å². The first-order chi connectivity index (χ1) is 17.0. The third-order valence-corrected chi connectivity index (χ3v) is 7.45. The number of rotatable bonds is 6. The van der Waals surface area contributed by atoms with E-state index < -0.39 is 11.2 Å². The van der Waals surface area contributed by atoms with Gasteiger partial charge >= 0.3 is 0 Å². The highest BCUT2D eigenvalue weighted by Crippen LogP contribution is 2.29. The molecule has 36 heavy (non-hydrogen) atoms. The Morgan fingerprint density at radius 1 is 0.861 bits per heavy atom. The summed E-state index contributed by atoms with van der Waals surface area (Å²) in [5.74, 6) is 0.653. The maximum Gasteiger partial charge on any atom is 0.219 e. The number of amides is 1. The van der Waals surface area contributed by atoms with Crippen molar-refractivity contribution < 1.29 is 19.7 Å². The Hall–Kier alpha value is -2.61. The zero-order valence-corrected chi connectivity index (χ0v) is 22.2. The van der Waals surface area contributed by atoms with Gasteiger partial charge in [-0.2, -0.15) is 0 Å². The van der Waals surface area contributed by atoms with E-state index in [1.165, 1.54) is 18.2 Å². The predicted molar refractivity (Wildman–Crippen MR) is 143 cm³/mol. The summed E-state index contributed by atoms with van der Waals surface area (Å²) in [4.78, 5) is 18.4. The Bertz CT molecular complexity index is 1030. The topological polar surface area (TPSA) is 76.5 Å². The minimum Gasteiger partial charge on any atom is -0.490 e. The van der Waals surface area contributed by atoms with Crippen molar-refractivity contribution in [1.82, 2.24) is 9.80 Å². The van der Waals surface area contributed by atoms with Gasteiger partial charge in [-0.05, 0) is 69.0 Å². The first-order valence-corrected chi connectivity index (χ1v) is 13.0. The number of aliphatic hydroxyl groups is 2. The van der Waals surface area contributed by atoms with Gasteiger partial charge in [-0.1, -0.05) is 23.8 Å². The largest absolute Gasteiger partial charge is 0.490 e. The van der Waals surface area contributed by atoms with Crippen LogP contribution in [0.15, 0.2) is 42.5 Å². The average molecular weight is 496 g/mol. The molecule has 196 valence electrons. The molecule has 0 radical (unpaired) electrons. The molecule has 1 atom stereocenters. The second-order valence-electron chi connectivity index (χ2n) is 11.0. The van der Waals surface area contributed by atoms with E-state index in [1.54, 1.807) is 4.90 Å². The summed E-state index contributed by atoms with van der Waals surface area (Å²) < 4.78 is 6.04. The van der Waals surface area contributed by atoms with E-state index in [4.69, 9.17) is 4.74 Å². The number of benzene rings is 2. The Morgan fingerprint density at radius 2 is 1.50 bits per heavy atom. The summed E-state index contributed by atoms with van der Waals surface area (Å²) in [6.45, 7) is 11.4. The molecule has 2 N–H and O–H groups in total. The van der Waals surface area contributed by atoms with Crippen molar-refractivity contribution in [1.29, 1.82) is 0 Å². The quantitative estimate of drug-likeness (QED) is 0.642. The molecule has 0 spiro atoms. The molecule has 1 amide bonds. The predicted octanol–water partition coefficient (Wildman–Crippen LogP) is 2.92. The van der Waals surface area contributed by atoms with Crippen LogP contribution in [0.1, 0.15) is 36.5 Å². The van der Waals surface area contributed by atoms with E-state index in [0.717, 1.165) is 24.2 Å². The summed E-state index contributed by atoms with van der Waals surface area (Å²) in [5, 5.41) is 23.1. The van der Waals surface area contributed by atoms with Crippen molar-refractivity contribution in [2.45, 2.75) is 51.7 Å². The highest BCUT2D eigenvalue weighted by Gasteiger charge is 2.40. The molecule has 2 aromatic rings. The summed E-state index contributed by atoms with van der Waals surface area (Å²) in [6.07, 6.45) is 1.32. The van der Waals surface area contributed by atoms with Crippen molar-refractivity contribution in [3.05, 3.63) is 59.2 Å². The standard InChI is InChI=1S/C29H41N3O4/c1-22-5-7-26(8-6-22)31-11-9-28(34,10-12-31)18-30-13-14-32(25(4)33)20-29(35,19-30)21-36-27-16-23(2)15-24(3)17-27/h5-8,15-17,34-35H,9-14,18-21H2,1-4H3/t29-/m1/s1. The number of piperidine rings is 1. The van der Waals surface area contributed by atoms with Crippen LogP contribution in [0.25, 0.3) is 0 Å². The van der Waals surface area contributed by atoms with Gasteiger partial charge in [-0.25, -0.2) is 0 Å². The molecule has 7 nitrogen and oxygen atoms in total. The molecule has 0 saturated carbocycles. The van der Waals surface area contributed by atoms with Crippen molar-refractivity contribution in [3.63, 3.8) is 0 Å². The first kappa shape index (κ1) is 26.5. The van der Waals surface area contributed by atoms with Crippen LogP contribution in [0.3, 0.4) is 0 Å². The molecule has 0 bridgehead atoms. The Labute approximate surface area is 215 Å². The summed E-state index contributed by atoms with van der Waals surface area (Å²) >= 11 is 0. The van der Waals surface area contributed by atoms with E-state index in [1.807, 2.05) is 26.0 Å². The molecule has 2 aliphatic heterocycles. The van der Waals surface area contributed by atoms with Crippen LogP contribution in [-0.2, 0) is 4.79 Å². The third kappa shape index (κ3) is 6.78. The van der Waals surface area contributed by atoms with Crippen LogP contribution in [-0.4, -0.2) is 89.5 Å². The number of β-amino-alcohol motifs (C(OH)–C–C–N with tert-alkyl or cyclic N) is 2. The van der Waals surface area contributed by atoms with Gasteiger partial charge in [0.2, 0.25) is 5.91 Å². The monoisotopic (exact) mass is 495 g/mol. The Kier molecular flexibility index (Phi) is 7.93. The van der Waals surface area contributed by atoms with Crippen molar-refractivity contribution >= 4 is 11.6 Å². The van der Waals surface area contributed by atoms with Crippen molar-refractivity contribution in [2.24, 2.45) is 0 Å². The fourth-order valence-electron chi connectivity index (χ4n) is 5.48. The minimum absolute atomic E-state index is 0.0632. The van der Waals surface area contributed by atoms with Crippen LogP contribution >= 0.6 is 0 Å². The van der Waals surface area contributed by atoms with Crippen LogP contribution in [0.5, 0.6) is 5.75 Å². The number of hydrogen-bond acceptors (Lipinski definition) is 6. The number of anilines is 1. The van der Waals surface area contributed by atoms with Gasteiger partial charge in [-0.3, -0.25) is 9.69 Å². The second kappa shape index (κ2) is 10.8. The van der Waals surface area contributed by atoms with Gasteiger partial charge in [0.15, 0.2) is 0 Å². The van der Waals surface area contributed by atoms with Crippen molar-refractivity contribution in [3.8, 4) is 5.75 Å². The Morgan fingerprint density at radius 3 is 2.11 bits per heavy atom. The zero-order chi connectivity index (χ0) is 25.9. The van der Waals surface area contributed by atoms with Crippen LogP contribution in [0.2, 0.25) is 0 Å². The lowest BCUT2D eigenvalue weighted by atomic mass is 9.90. The third-order valence-electron chi connectivity index (χ3n) is 7.45. The minimum atomic E-state index is -1.24. The van der Waals surface area contributed by atoms with Gasteiger partial charge in [-0.15, -0.1) is 0 Å². The fraction of sp³-hybridized carbons (Fsp3) is 0.552. The lowest BCUT2D eigenvalue weighted by molar-refractivity contribution is -0.132. The summed E-state index contributed by atoms with van der Waals surface area (Å²) in [6, 6.07) is 14.5. The fourth-order valence-corrected chi connectivity index (χ4v) is 5.48. The van der Waals surface area contributed by atoms with E-state index in [9.17, 15) is 15.0 Å². The molecule has 0 aromatic heterocycles. The normalized spacial score (nSPS) is 22.8. The van der Waals surface area contributed by atoms with Crippen LogP contribution in [0.4, 0.5) is 5.69 Å².